The zero-order valence-electron chi connectivity index (χ0n) is 13.8. The number of hydrogen-bond acceptors (Lipinski definition) is 4. The molecule has 2 aromatic carbocycles. The highest BCUT2D eigenvalue weighted by molar-refractivity contribution is 5.63. The van der Waals surface area contributed by atoms with Gasteiger partial charge in [0.2, 0.25) is 0 Å². The molecule has 0 N–H and O–H groups in total. The third kappa shape index (κ3) is 3.43. The highest BCUT2D eigenvalue weighted by Crippen LogP contribution is 2.33. The van der Waals surface area contributed by atoms with Gasteiger partial charge in [0.15, 0.2) is 0 Å². The van der Waals surface area contributed by atoms with E-state index < -0.39 is 11.7 Å². The minimum atomic E-state index is -4.47. The fraction of sp³-hybridized carbons (Fsp3) is 0.263. The first-order valence-corrected chi connectivity index (χ1v) is 8.04. The summed E-state index contributed by atoms with van der Waals surface area (Å²) in [4.78, 5) is 3.98. The van der Waals surface area contributed by atoms with E-state index in [-0.39, 0.29) is 5.56 Å². The van der Waals surface area contributed by atoms with Gasteiger partial charge in [0.05, 0.1) is 28.1 Å². The Kier molecular flexibility index (Phi) is 4.73. The molecule has 1 aliphatic heterocycles. The second kappa shape index (κ2) is 6.97. The molecule has 0 radical (unpaired) electrons. The third-order valence-electron chi connectivity index (χ3n) is 4.43. The Morgan fingerprint density at radius 3 is 1.85 bits per heavy atom. The van der Waals surface area contributed by atoms with E-state index in [1.54, 1.807) is 12.1 Å². The van der Waals surface area contributed by atoms with E-state index in [4.69, 9.17) is 0 Å². The first-order valence-electron chi connectivity index (χ1n) is 8.04. The van der Waals surface area contributed by atoms with Gasteiger partial charge in [-0.15, -0.1) is 0 Å². The van der Waals surface area contributed by atoms with Crippen LogP contribution in [0.1, 0.15) is 16.7 Å². The Morgan fingerprint density at radius 2 is 1.31 bits per heavy atom. The van der Waals surface area contributed by atoms with E-state index in [1.165, 1.54) is 6.07 Å². The summed E-state index contributed by atoms with van der Waals surface area (Å²) in [6.45, 7) is 2.34. The lowest BCUT2D eigenvalue weighted by Gasteiger charge is -2.38. The zero-order valence-corrected chi connectivity index (χ0v) is 13.8. The molecule has 0 spiro atoms. The van der Waals surface area contributed by atoms with E-state index in [9.17, 15) is 23.7 Å². The monoisotopic (exact) mass is 356 g/mol. The molecule has 132 valence electrons. The number of piperazine rings is 1. The Labute approximate surface area is 149 Å². The van der Waals surface area contributed by atoms with E-state index in [0.29, 0.717) is 37.4 Å². The average Bonchev–Trinajstić information content (AvgIpc) is 2.67. The second-order valence-corrected chi connectivity index (χ2v) is 5.94. The first-order chi connectivity index (χ1) is 12.4. The molecule has 3 rings (SSSR count). The van der Waals surface area contributed by atoms with Gasteiger partial charge in [0, 0.05) is 26.2 Å². The van der Waals surface area contributed by atoms with Gasteiger partial charge >= 0.3 is 6.18 Å². The van der Waals surface area contributed by atoms with Crippen molar-refractivity contribution in [1.82, 2.24) is 0 Å². The summed E-state index contributed by atoms with van der Waals surface area (Å²) < 4.78 is 38.5. The Balaban J connectivity index is 1.78. The van der Waals surface area contributed by atoms with Crippen molar-refractivity contribution >= 4 is 11.4 Å². The summed E-state index contributed by atoms with van der Waals surface area (Å²) in [5.41, 5.74) is 1.15. The van der Waals surface area contributed by atoms with Gasteiger partial charge in [0.25, 0.3) is 0 Å². The number of anilines is 2. The van der Waals surface area contributed by atoms with Gasteiger partial charge in [-0.05, 0) is 30.3 Å². The standard InChI is InChI=1S/C19H15F3N4/c20-19(21,22)16-5-6-18(15(11-16)13-24)26-9-7-25(8-10-26)17-4-2-1-3-14(17)12-23/h1-6,11H,7-10H2. The number of rotatable bonds is 2. The van der Waals surface area contributed by atoms with Crippen molar-refractivity contribution in [3.05, 3.63) is 59.2 Å². The molecule has 4 nitrogen and oxygen atoms in total. The SMILES string of the molecule is N#Cc1ccccc1N1CCN(c2ccc(C(F)(F)F)cc2C#N)CC1. The molecule has 1 fully saturated rings. The molecule has 0 aromatic heterocycles. The molecule has 1 heterocycles. The van der Waals surface area contributed by atoms with Gasteiger partial charge in [-0.25, -0.2) is 0 Å². The van der Waals surface area contributed by atoms with Crippen LogP contribution in [-0.4, -0.2) is 26.2 Å². The molecule has 0 bridgehead atoms. The highest BCUT2D eigenvalue weighted by atomic mass is 19.4. The molecular weight excluding hydrogens is 341 g/mol. The maximum atomic E-state index is 12.8. The van der Waals surface area contributed by atoms with Crippen LogP contribution in [-0.2, 0) is 6.18 Å². The molecule has 1 aliphatic rings. The number of nitriles is 2. The molecule has 0 unspecified atom stereocenters. The van der Waals surface area contributed by atoms with Crippen LogP contribution in [0, 0.1) is 22.7 Å². The number of alkyl halides is 3. The lowest BCUT2D eigenvalue weighted by atomic mass is 10.1. The third-order valence-corrected chi connectivity index (χ3v) is 4.43. The summed E-state index contributed by atoms with van der Waals surface area (Å²) in [6, 6.07) is 14.6. The number of hydrogen-bond donors (Lipinski definition) is 0. The van der Waals surface area contributed by atoms with Crippen molar-refractivity contribution in [2.75, 3.05) is 36.0 Å². The molecule has 26 heavy (non-hydrogen) atoms. The second-order valence-electron chi connectivity index (χ2n) is 5.94. The molecule has 0 aliphatic carbocycles. The topological polar surface area (TPSA) is 54.1 Å². The fourth-order valence-corrected chi connectivity index (χ4v) is 3.11. The van der Waals surface area contributed by atoms with Gasteiger partial charge in [-0.3, -0.25) is 0 Å². The summed E-state index contributed by atoms with van der Waals surface area (Å²) in [6.07, 6.45) is -4.47. The van der Waals surface area contributed by atoms with Crippen LogP contribution in [0.15, 0.2) is 42.5 Å². The Hall–Kier alpha value is -3.19. The van der Waals surface area contributed by atoms with Crippen LogP contribution in [0.25, 0.3) is 0 Å². The van der Waals surface area contributed by atoms with Gasteiger partial charge in [-0.2, -0.15) is 23.7 Å². The summed E-state index contributed by atoms with van der Waals surface area (Å²) in [7, 11) is 0. The average molecular weight is 356 g/mol. The smallest absolute Gasteiger partial charge is 0.367 e. The molecule has 1 saturated heterocycles. The molecule has 7 heteroatoms. The Morgan fingerprint density at radius 1 is 0.769 bits per heavy atom. The number of para-hydroxylation sites is 1. The maximum absolute atomic E-state index is 12.8. The van der Waals surface area contributed by atoms with Crippen molar-refractivity contribution in [1.29, 1.82) is 10.5 Å². The predicted octanol–water partition coefficient (Wildman–Crippen LogP) is 3.78. The molecule has 0 saturated carbocycles. The van der Waals surface area contributed by atoms with Crippen LogP contribution in [0.2, 0.25) is 0 Å². The summed E-state index contributed by atoms with van der Waals surface area (Å²) >= 11 is 0. The molecule has 0 atom stereocenters. The number of nitrogens with zero attached hydrogens (tertiary/aromatic N) is 4. The summed E-state index contributed by atoms with van der Waals surface area (Å²) in [5.74, 6) is 0. The van der Waals surface area contributed by atoms with Crippen molar-refractivity contribution < 1.29 is 13.2 Å². The Bertz CT molecular complexity index is 885. The maximum Gasteiger partial charge on any atom is 0.416 e. The number of benzene rings is 2. The quantitative estimate of drug-likeness (QED) is 0.822. The minimum absolute atomic E-state index is 0.0192. The van der Waals surface area contributed by atoms with Crippen molar-refractivity contribution in [2.24, 2.45) is 0 Å². The molecule has 2 aromatic rings. The fourth-order valence-electron chi connectivity index (χ4n) is 3.11. The van der Waals surface area contributed by atoms with Gasteiger partial charge in [0.1, 0.15) is 12.1 Å². The van der Waals surface area contributed by atoms with E-state index in [0.717, 1.165) is 17.8 Å². The largest absolute Gasteiger partial charge is 0.416 e. The van der Waals surface area contributed by atoms with Crippen LogP contribution in [0.4, 0.5) is 24.5 Å². The normalized spacial score (nSPS) is 14.7. The molecule has 0 amide bonds. The lowest BCUT2D eigenvalue weighted by Crippen LogP contribution is -2.47. The summed E-state index contributed by atoms with van der Waals surface area (Å²) in [5, 5.41) is 18.5. The first kappa shape index (κ1) is 17.6. The minimum Gasteiger partial charge on any atom is -0.367 e. The number of halogens is 3. The van der Waals surface area contributed by atoms with Crippen LogP contribution >= 0.6 is 0 Å². The molecular formula is C19H15F3N4. The zero-order chi connectivity index (χ0) is 18.7. The van der Waals surface area contributed by atoms with Gasteiger partial charge < -0.3 is 9.80 Å². The van der Waals surface area contributed by atoms with Crippen LogP contribution < -0.4 is 9.80 Å². The van der Waals surface area contributed by atoms with E-state index in [2.05, 4.69) is 11.0 Å². The van der Waals surface area contributed by atoms with Crippen molar-refractivity contribution in [3.63, 3.8) is 0 Å². The van der Waals surface area contributed by atoms with Crippen molar-refractivity contribution in [3.8, 4) is 12.1 Å². The van der Waals surface area contributed by atoms with E-state index in [1.807, 2.05) is 23.1 Å². The van der Waals surface area contributed by atoms with Crippen molar-refractivity contribution in [2.45, 2.75) is 6.18 Å². The van der Waals surface area contributed by atoms with Gasteiger partial charge in [-0.1, -0.05) is 12.1 Å². The van der Waals surface area contributed by atoms with Crippen LogP contribution in [0.5, 0.6) is 0 Å². The van der Waals surface area contributed by atoms with Crippen LogP contribution in [0.3, 0.4) is 0 Å². The lowest BCUT2D eigenvalue weighted by molar-refractivity contribution is -0.137. The highest BCUT2D eigenvalue weighted by Gasteiger charge is 2.31. The predicted molar refractivity (Wildman–Crippen MR) is 91.7 cm³/mol. The van der Waals surface area contributed by atoms with E-state index >= 15 is 0 Å².